The molecule has 0 aromatic heterocycles. The summed E-state index contributed by atoms with van der Waals surface area (Å²) >= 11 is 0. The number of carbonyl (C=O) groups is 1. The second-order valence-electron chi connectivity index (χ2n) is 4.82. The highest BCUT2D eigenvalue weighted by Gasteiger charge is 2.21. The zero-order chi connectivity index (χ0) is 13.7. The summed E-state index contributed by atoms with van der Waals surface area (Å²) in [6.45, 7) is 2.28. The number of anilines is 1. The van der Waals surface area contributed by atoms with Crippen LogP contribution < -0.4 is 15.8 Å². The van der Waals surface area contributed by atoms with Gasteiger partial charge in [0.2, 0.25) is 0 Å². The average molecular weight is 263 g/mol. The second kappa shape index (κ2) is 6.43. The van der Waals surface area contributed by atoms with Crippen molar-refractivity contribution >= 4 is 11.7 Å². The van der Waals surface area contributed by atoms with Crippen LogP contribution in [-0.4, -0.2) is 37.7 Å². The van der Waals surface area contributed by atoms with Crippen LogP contribution in [0.15, 0.2) is 24.3 Å². The SMILES string of the molecule is COc1ccc(NC(=O)N2CCC(CN)CC2)cc1. The van der Waals surface area contributed by atoms with Gasteiger partial charge in [-0.2, -0.15) is 0 Å². The van der Waals surface area contributed by atoms with Crippen LogP contribution in [0, 0.1) is 5.92 Å². The predicted molar refractivity (Wildman–Crippen MR) is 75.4 cm³/mol. The fourth-order valence-corrected chi connectivity index (χ4v) is 2.25. The number of piperidine rings is 1. The van der Waals surface area contributed by atoms with Crippen molar-refractivity contribution in [3.63, 3.8) is 0 Å². The molecule has 0 atom stereocenters. The first-order valence-corrected chi connectivity index (χ1v) is 6.63. The Morgan fingerprint density at radius 2 is 2.00 bits per heavy atom. The van der Waals surface area contributed by atoms with Crippen LogP contribution >= 0.6 is 0 Å². The second-order valence-corrected chi connectivity index (χ2v) is 4.82. The van der Waals surface area contributed by atoms with E-state index in [-0.39, 0.29) is 6.03 Å². The molecule has 1 aromatic carbocycles. The molecule has 1 fully saturated rings. The van der Waals surface area contributed by atoms with Crippen LogP contribution in [0.3, 0.4) is 0 Å². The first-order valence-electron chi connectivity index (χ1n) is 6.63. The Hall–Kier alpha value is -1.75. The van der Waals surface area contributed by atoms with E-state index in [9.17, 15) is 4.79 Å². The van der Waals surface area contributed by atoms with Crippen molar-refractivity contribution in [3.05, 3.63) is 24.3 Å². The van der Waals surface area contributed by atoms with Crippen molar-refractivity contribution in [2.24, 2.45) is 11.7 Å². The van der Waals surface area contributed by atoms with Crippen LogP contribution in [0.2, 0.25) is 0 Å². The third-order valence-electron chi connectivity index (χ3n) is 3.58. The number of rotatable bonds is 3. The van der Waals surface area contributed by atoms with E-state index in [0.29, 0.717) is 12.5 Å². The Morgan fingerprint density at radius 1 is 1.37 bits per heavy atom. The number of nitrogens with one attached hydrogen (secondary N) is 1. The van der Waals surface area contributed by atoms with E-state index in [1.165, 1.54) is 0 Å². The van der Waals surface area contributed by atoms with Gasteiger partial charge in [-0.05, 0) is 49.6 Å². The summed E-state index contributed by atoms with van der Waals surface area (Å²) in [5.41, 5.74) is 6.43. The maximum atomic E-state index is 12.1. The van der Waals surface area contributed by atoms with Crippen LogP contribution in [0.25, 0.3) is 0 Å². The zero-order valence-corrected chi connectivity index (χ0v) is 11.3. The van der Waals surface area contributed by atoms with Gasteiger partial charge in [0.1, 0.15) is 5.75 Å². The van der Waals surface area contributed by atoms with E-state index in [0.717, 1.165) is 37.4 Å². The molecule has 0 spiro atoms. The fourth-order valence-electron chi connectivity index (χ4n) is 2.25. The van der Waals surface area contributed by atoms with Gasteiger partial charge in [-0.15, -0.1) is 0 Å². The van der Waals surface area contributed by atoms with Gasteiger partial charge < -0.3 is 20.7 Å². The number of benzene rings is 1. The van der Waals surface area contributed by atoms with Crippen molar-refractivity contribution in [1.29, 1.82) is 0 Å². The van der Waals surface area contributed by atoms with Gasteiger partial charge in [-0.3, -0.25) is 0 Å². The van der Waals surface area contributed by atoms with Crippen LogP contribution in [0.4, 0.5) is 10.5 Å². The number of nitrogens with two attached hydrogens (primary N) is 1. The fraction of sp³-hybridized carbons (Fsp3) is 0.500. The van der Waals surface area contributed by atoms with Crippen LogP contribution in [-0.2, 0) is 0 Å². The smallest absolute Gasteiger partial charge is 0.321 e. The topological polar surface area (TPSA) is 67.6 Å². The summed E-state index contributed by atoms with van der Waals surface area (Å²) in [4.78, 5) is 13.9. The third-order valence-corrected chi connectivity index (χ3v) is 3.58. The largest absolute Gasteiger partial charge is 0.497 e. The van der Waals surface area contributed by atoms with Gasteiger partial charge in [0.15, 0.2) is 0 Å². The van der Waals surface area contributed by atoms with Crippen molar-refractivity contribution in [1.82, 2.24) is 4.90 Å². The average Bonchev–Trinajstić information content (AvgIpc) is 2.48. The van der Waals surface area contributed by atoms with Gasteiger partial charge in [-0.1, -0.05) is 0 Å². The Balaban J connectivity index is 1.86. The predicted octanol–water partition coefficient (Wildman–Crippen LogP) is 1.90. The van der Waals surface area contributed by atoms with E-state index >= 15 is 0 Å². The zero-order valence-electron chi connectivity index (χ0n) is 11.3. The Bertz CT molecular complexity index is 411. The third kappa shape index (κ3) is 3.61. The molecule has 19 heavy (non-hydrogen) atoms. The van der Waals surface area contributed by atoms with E-state index in [2.05, 4.69) is 5.32 Å². The van der Waals surface area contributed by atoms with Gasteiger partial charge in [0.05, 0.1) is 7.11 Å². The van der Waals surface area contributed by atoms with Gasteiger partial charge >= 0.3 is 6.03 Å². The number of amides is 2. The monoisotopic (exact) mass is 263 g/mol. The number of hydrogen-bond donors (Lipinski definition) is 2. The number of carbonyl (C=O) groups excluding carboxylic acids is 1. The number of methoxy groups -OCH3 is 1. The van der Waals surface area contributed by atoms with Crippen LogP contribution in [0.5, 0.6) is 5.75 Å². The molecular formula is C14H21N3O2. The molecule has 1 aliphatic rings. The van der Waals surface area contributed by atoms with Crippen molar-refractivity contribution in [2.45, 2.75) is 12.8 Å². The highest BCUT2D eigenvalue weighted by atomic mass is 16.5. The summed E-state index contributed by atoms with van der Waals surface area (Å²) in [6, 6.07) is 7.29. The summed E-state index contributed by atoms with van der Waals surface area (Å²) in [6.07, 6.45) is 1.99. The Kier molecular flexibility index (Phi) is 4.63. The lowest BCUT2D eigenvalue weighted by Crippen LogP contribution is -2.42. The van der Waals surface area contributed by atoms with Crippen molar-refractivity contribution in [3.8, 4) is 5.75 Å². The molecule has 0 saturated carbocycles. The highest BCUT2D eigenvalue weighted by Crippen LogP contribution is 2.18. The van der Waals surface area contributed by atoms with Gasteiger partial charge in [0.25, 0.3) is 0 Å². The molecule has 1 aliphatic heterocycles. The number of nitrogens with zero attached hydrogens (tertiary/aromatic N) is 1. The standard InChI is InChI=1S/C14H21N3O2/c1-19-13-4-2-12(3-5-13)16-14(18)17-8-6-11(10-15)7-9-17/h2-5,11H,6-10,15H2,1H3,(H,16,18). The Labute approximate surface area is 113 Å². The lowest BCUT2D eigenvalue weighted by Gasteiger charge is -2.31. The molecule has 0 radical (unpaired) electrons. The normalized spacial score (nSPS) is 16.2. The molecule has 0 aliphatic carbocycles. The summed E-state index contributed by atoms with van der Waals surface area (Å²) < 4.78 is 5.08. The lowest BCUT2D eigenvalue weighted by molar-refractivity contribution is 0.184. The molecule has 0 unspecified atom stereocenters. The molecule has 3 N–H and O–H groups in total. The summed E-state index contributed by atoms with van der Waals surface area (Å²) in [5.74, 6) is 1.34. The van der Waals surface area contributed by atoms with Crippen molar-refractivity contribution in [2.75, 3.05) is 32.1 Å². The first kappa shape index (κ1) is 13.7. The summed E-state index contributed by atoms with van der Waals surface area (Å²) in [5, 5.41) is 2.90. The quantitative estimate of drug-likeness (QED) is 0.875. The minimum absolute atomic E-state index is 0.0411. The van der Waals surface area contributed by atoms with Gasteiger partial charge in [0, 0.05) is 18.8 Å². The van der Waals surface area contributed by atoms with E-state index in [1.54, 1.807) is 7.11 Å². The van der Waals surface area contributed by atoms with E-state index in [4.69, 9.17) is 10.5 Å². The number of likely N-dealkylation sites (tertiary alicyclic amines) is 1. The van der Waals surface area contributed by atoms with E-state index < -0.39 is 0 Å². The number of ether oxygens (including phenoxy) is 1. The molecule has 104 valence electrons. The van der Waals surface area contributed by atoms with Gasteiger partial charge in [-0.25, -0.2) is 4.79 Å². The number of hydrogen-bond acceptors (Lipinski definition) is 3. The summed E-state index contributed by atoms with van der Waals surface area (Å²) in [7, 11) is 1.62. The van der Waals surface area contributed by atoms with Crippen LogP contribution in [0.1, 0.15) is 12.8 Å². The maximum Gasteiger partial charge on any atom is 0.321 e. The molecule has 5 nitrogen and oxygen atoms in total. The van der Waals surface area contributed by atoms with E-state index in [1.807, 2.05) is 29.2 Å². The first-order chi connectivity index (χ1) is 9.22. The maximum absolute atomic E-state index is 12.1. The minimum Gasteiger partial charge on any atom is -0.497 e. The Morgan fingerprint density at radius 3 is 2.53 bits per heavy atom. The molecule has 1 saturated heterocycles. The number of urea groups is 1. The molecule has 5 heteroatoms. The molecule has 1 heterocycles. The lowest BCUT2D eigenvalue weighted by atomic mass is 9.97. The highest BCUT2D eigenvalue weighted by molar-refractivity contribution is 5.89. The molecular weight excluding hydrogens is 242 g/mol. The molecule has 0 bridgehead atoms. The molecule has 2 amide bonds. The minimum atomic E-state index is -0.0411. The molecule has 1 aromatic rings. The van der Waals surface area contributed by atoms with Crippen molar-refractivity contribution < 1.29 is 9.53 Å². The molecule has 2 rings (SSSR count).